The van der Waals surface area contributed by atoms with E-state index >= 15 is 0 Å². The molecule has 144 valence electrons. The van der Waals surface area contributed by atoms with Gasteiger partial charge in [0.05, 0.1) is 4.92 Å². The van der Waals surface area contributed by atoms with Crippen LogP contribution in [0.25, 0.3) is 0 Å². The van der Waals surface area contributed by atoms with Crippen LogP contribution in [0, 0.1) is 30.9 Å². The van der Waals surface area contributed by atoms with Crippen LogP contribution in [-0.2, 0) is 17.9 Å². The fourth-order valence-electron chi connectivity index (χ4n) is 3.44. The van der Waals surface area contributed by atoms with Crippen molar-refractivity contribution in [2.75, 3.05) is 26.2 Å². The molecule has 8 nitrogen and oxygen atoms in total. The molecule has 0 unspecified atom stereocenters. The number of aromatic nitrogens is 2. The van der Waals surface area contributed by atoms with Crippen molar-refractivity contribution >= 4 is 11.6 Å². The van der Waals surface area contributed by atoms with E-state index in [-0.39, 0.29) is 18.1 Å². The molecule has 0 spiro atoms. The third-order valence-electron chi connectivity index (χ3n) is 5.06. The topological polar surface area (TPSA) is 84.5 Å². The molecule has 1 aliphatic heterocycles. The van der Waals surface area contributed by atoms with Gasteiger partial charge in [0.25, 0.3) is 0 Å². The maximum Gasteiger partial charge on any atom is 0.312 e. The molecular formula is C19H25N5O3. The maximum absolute atomic E-state index is 12.6. The summed E-state index contributed by atoms with van der Waals surface area (Å²) in [5.41, 5.74) is 3.27. The van der Waals surface area contributed by atoms with Crippen LogP contribution in [-0.4, -0.2) is 56.6 Å². The molecule has 1 fully saturated rings. The van der Waals surface area contributed by atoms with Gasteiger partial charge in [0.2, 0.25) is 5.91 Å². The highest BCUT2D eigenvalue weighted by molar-refractivity contribution is 5.76. The quantitative estimate of drug-likeness (QED) is 0.593. The number of benzene rings is 1. The lowest BCUT2D eigenvalue weighted by Gasteiger charge is -2.34. The number of hydrogen-bond donors (Lipinski definition) is 0. The Morgan fingerprint density at radius 3 is 2.30 bits per heavy atom. The highest BCUT2D eigenvalue weighted by atomic mass is 16.6. The summed E-state index contributed by atoms with van der Waals surface area (Å²) >= 11 is 0. The van der Waals surface area contributed by atoms with Crippen molar-refractivity contribution in [3.8, 4) is 0 Å². The summed E-state index contributed by atoms with van der Waals surface area (Å²) in [4.78, 5) is 27.4. The Kier molecular flexibility index (Phi) is 5.55. The first-order chi connectivity index (χ1) is 12.8. The van der Waals surface area contributed by atoms with Gasteiger partial charge in [-0.3, -0.25) is 24.5 Å². The lowest BCUT2D eigenvalue weighted by atomic mass is 10.1. The Hall–Kier alpha value is -2.74. The molecule has 0 saturated carbocycles. The number of nitrogens with zero attached hydrogens (tertiary/aromatic N) is 5. The zero-order valence-corrected chi connectivity index (χ0v) is 16.0. The smallest absolute Gasteiger partial charge is 0.312 e. The Balaban J connectivity index is 1.55. The van der Waals surface area contributed by atoms with E-state index in [0.717, 1.165) is 19.6 Å². The van der Waals surface area contributed by atoms with Gasteiger partial charge in [-0.15, -0.1) is 0 Å². The molecule has 0 atom stereocenters. The number of nitro groups is 1. The molecule has 0 aliphatic carbocycles. The number of carbonyl (C=O) groups excluding carboxylic acids is 1. The largest absolute Gasteiger partial charge is 0.339 e. The summed E-state index contributed by atoms with van der Waals surface area (Å²) in [6, 6.07) is 8.51. The number of carbonyl (C=O) groups is 1. The molecule has 3 rings (SSSR count). The van der Waals surface area contributed by atoms with Crippen LogP contribution in [0.2, 0.25) is 0 Å². The van der Waals surface area contributed by atoms with Gasteiger partial charge < -0.3 is 4.90 Å². The molecule has 2 heterocycles. The van der Waals surface area contributed by atoms with Crippen LogP contribution in [0.1, 0.15) is 22.5 Å². The van der Waals surface area contributed by atoms with Crippen LogP contribution in [0.5, 0.6) is 0 Å². The van der Waals surface area contributed by atoms with E-state index in [1.165, 1.54) is 15.8 Å². The maximum atomic E-state index is 12.6. The fourth-order valence-corrected chi connectivity index (χ4v) is 3.44. The monoisotopic (exact) mass is 371 g/mol. The van der Waals surface area contributed by atoms with Crippen molar-refractivity contribution in [2.24, 2.45) is 0 Å². The van der Waals surface area contributed by atoms with Crippen molar-refractivity contribution in [1.29, 1.82) is 0 Å². The van der Waals surface area contributed by atoms with Crippen molar-refractivity contribution in [2.45, 2.75) is 33.9 Å². The minimum atomic E-state index is -0.442. The normalized spacial score (nSPS) is 15.1. The molecule has 1 aliphatic rings. The van der Waals surface area contributed by atoms with Gasteiger partial charge in [-0.25, -0.2) is 0 Å². The third kappa shape index (κ3) is 4.33. The standard InChI is InChI=1S/C19H25N5O3/c1-14-4-6-17(7-5-14)12-21-8-10-22(11-9-21)18(25)13-23-16(3)19(24(26)27)15(2)20-23/h4-7H,8-13H2,1-3H3. The molecule has 0 N–H and O–H groups in total. The highest BCUT2D eigenvalue weighted by Crippen LogP contribution is 2.22. The van der Waals surface area contributed by atoms with E-state index in [1.807, 2.05) is 4.90 Å². The van der Waals surface area contributed by atoms with Gasteiger partial charge >= 0.3 is 5.69 Å². The van der Waals surface area contributed by atoms with Crippen molar-refractivity contribution in [1.82, 2.24) is 19.6 Å². The minimum Gasteiger partial charge on any atom is -0.339 e. The van der Waals surface area contributed by atoms with Gasteiger partial charge in [0.15, 0.2) is 0 Å². The Morgan fingerprint density at radius 2 is 1.74 bits per heavy atom. The zero-order chi connectivity index (χ0) is 19.6. The van der Waals surface area contributed by atoms with Gasteiger partial charge in [0, 0.05) is 32.7 Å². The average Bonchev–Trinajstić information content (AvgIpc) is 2.91. The summed E-state index contributed by atoms with van der Waals surface area (Å²) < 4.78 is 1.44. The van der Waals surface area contributed by atoms with E-state index in [2.05, 4.69) is 41.2 Å². The van der Waals surface area contributed by atoms with E-state index in [4.69, 9.17) is 0 Å². The molecule has 1 aromatic heterocycles. The predicted octanol–water partition coefficient (Wildman–Crippen LogP) is 2.06. The van der Waals surface area contributed by atoms with Crippen LogP contribution >= 0.6 is 0 Å². The Labute approximate surface area is 158 Å². The van der Waals surface area contributed by atoms with Crippen molar-refractivity contribution in [3.63, 3.8) is 0 Å². The molecule has 1 aromatic carbocycles. The zero-order valence-electron chi connectivity index (χ0n) is 16.0. The lowest BCUT2D eigenvalue weighted by molar-refractivity contribution is -0.386. The van der Waals surface area contributed by atoms with E-state index < -0.39 is 4.92 Å². The van der Waals surface area contributed by atoms with E-state index in [1.54, 1.807) is 13.8 Å². The average molecular weight is 371 g/mol. The number of rotatable bonds is 5. The summed E-state index contributed by atoms with van der Waals surface area (Å²) in [5, 5.41) is 15.3. The summed E-state index contributed by atoms with van der Waals surface area (Å²) in [5.74, 6) is -0.0505. The number of aryl methyl sites for hydroxylation is 2. The van der Waals surface area contributed by atoms with Crippen LogP contribution < -0.4 is 0 Å². The number of piperazine rings is 1. The molecule has 27 heavy (non-hydrogen) atoms. The van der Waals surface area contributed by atoms with E-state index in [9.17, 15) is 14.9 Å². The SMILES string of the molecule is Cc1ccc(CN2CCN(C(=O)Cn3nc(C)c([N+](=O)[O-])c3C)CC2)cc1. The summed E-state index contributed by atoms with van der Waals surface area (Å²) in [6.45, 7) is 9.17. The first-order valence-electron chi connectivity index (χ1n) is 9.09. The fraction of sp³-hybridized carbons (Fsp3) is 0.474. The van der Waals surface area contributed by atoms with E-state index in [0.29, 0.717) is 24.5 Å². The Morgan fingerprint density at radius 1 is 1.11 bits per heavy atom. The lowest BCUT2D eigenvalue weighted by Crippen LogP contribution is -2.49. The first-order valence-corrected chi connectivity index (χ1v) is 9.09. The number of hydrogen-bond acceptors (Lipinski definition) is 5. The summed E-state index contributed by atoms with van der Waals surface area (Å²) in [6.07, 6.45) is 0. The predicted molar refractivity (Wildman–Crippen MR) is 101 cm³/mol. The second kappa shape index (κ2) is 7.87. The summed E-state index contributed by atoms with van der Waals surface area (Å²) in [7, 11) is 0. The van der Waals surface area contributed by atoms with Gasteiger partial charge in [-0.05, 0) is 26.3 Å². The Bertz CT molecular complexity index is 836. The van der Waals surface area contributed by atoms with Gasteiger partial charge in [-0.2, -0.15) is 5.10 Å². The third-order valence-corrected chi connectivity index (χ3v) is 5.06. The second-order valence-electron chi connectivity index (χ2n) is 7.08. The molecule has 0 bridgehead atoms. The second-order valence-corrected chi connectivity index (χ2v) is 7.08. The molecular weight excluding hydrogens is 346 g/mol. The number of amides is 1. The van der Waals surface area contributed by atoms with Crippen molar-refractivity contribution < 1.29 is 9.72 Å². The van der Waals surface area contributed by atoms with Crippen LogP contribution in [0.4, 0.5) is 5.69 Å². The van der Waals surface area contributed by atoms with Gasteiger partial charge in [0.1, 0.15) is 17.9 Å². The first kappa shape index (κ1) is 19.0. The molecule has 2 aromatic rings. The molecule has 1 saturated heterocycles. The highest BCUT2D eigenvalue weighted by Gasteiger charge is 2.26. The molecule has 1 amide bonds. The van der Waals surface area contributed by atoms with Crippen LogP contribution in [0.15, 0.2) is 24.3 Å². The minimum absolute atomic E-state index is 0.00860. The van der Waals surface area contributed by atoms with Gasteiger partial charge in [-0.1, -0.05) is 29.8 Å². The molecule has 0 radical (unpaired) electrons. The van der Waals surface area contributed by atoms with Crippen molar-refractivity contribution in [3.05, 3.63) is 56.9 Å². The molecule has 8 heteroatoms. The van der Waals surface area contributed by atoms with Crippen LogP contribution in [0.3, 0.4) is 0 Å².